The molecule has 0 bridgehead atoms. The van der Waals surface area contributed by atoms with Crippen LogP contribution >= 0.6 is 0 Å². The average Bonchev–Trinajstić information content (AvgIpc) is 2.70. The quantitative estimate of drug-likeness (QED) is 0.739. The summed E-state index contributed by atoms with van der Waals surface area (Å²) in [5.41, 5.74) is 0.681. The van der Waals surface area contributed by atoms with Gasteiger partial charge in [0, 0.05) is 30.4 Å². The Labute approximate surface area is 84.9 Å². The Kier molecular flexibility index (Phi) is 3.14. The second-order valence-corrected chi connectivity index (χ2v) is 2.66. The monoisotopic (exact) mass is 207 g/mol. The summed E-state index contributed by atoms with van der Waals surface area (Å²) >= 11 is 0. The molecule has 78 valence electrons. The van der Waals surface area contributed by atoms with Crippen molar-refractivity contribution in [2.24, 2.45) is 0 Å². The Balaban J connectivity index is 0.00000112. The Hall–Kier alpha value is -2.21. The summed E-state index contributed by atoms with van der Waals surface area (Å²) in [7, 11) is 0. The zero-order chi connectivity index (χ0) is 9.97. The van der Waals surface area contributed by atoms with Crippen LogP contribution in [0.5, 0.6) is 0 Å². The SMILES string of the molecule is O.O=C(O)c1cnccc1-c1ncc[nH]1. The number of rotatable bonds is 2. The number of aromatic carboxylic acids is 1. The molecule has 0 unspecified atom stereocenters. The molecular formula is C9H9N3O3. The summed E-state index contributed by atoms with van der Waals surface area (Å²) in [6, 6.07) is 1.61. The standard InChI is InChI=1S/C9H7N3O2.H2O/c13-9(14)7-5-10-2-1-6(7)8-11-3-4-12-8;/h1-5H,(H,11,12)(H,13,14);1H2. The van der Waals surface area contributed by atoms with Gasteiger partial charge >= 0.3 is 5.97 Å². The summed E-state index contributed by atoms with van der Waals surface area (Å²) < 4.78 is 0. The van der Waals surface area contributed by atoms with Gasteiger partial charge in [0.1, 0.15) is 5.82 Å². The van der Waals surface area contributed by atoms with Crippen LogP contribution in [0.3, 0.4) is 0 Å². The molecule has 2 rings (SSSR count). The maximum absolute atomic E-state index is 10.8. The van der Waals surface area contributed by atoms with Gasteiger partial charge in [0.05, 0.1) is 5.56 Å². The van der Waals surface area contributed by atoms with Gasteiger partial charge in [-0.25, -0.2) is 9.78 Å². The molecular weight excluding hydrogens is 198 g/mol. The average molecular weight is 207 g/mol. The van der Waals surface area contributed by atoms with Crippen molar-refractivity contribution in [2.45, 2.75) is 0 Å². The van der Waals surface area contributed by atoms with Crippen LogP contribution in [0.25, 0.3) is 11.4 Å². The number of carbonyl (C=O) groups is 1. The van der Waals surface area contributed by atoms with Crippen molar-refractivity contribution < 1.29 is 15.4 Å². The minimum Gasteiger partial charge on any atom is -0.478 e. The number of hydrogen-bond acceptors (Lipinski definition) is 3. The van der Waals surface area contributed by atoms with E-state index in [0.29, 0.717) is 11.4 Å². The number of aromatic amines is 1. The molecule has 0 radical (unpaired) electrons. The van der Waals surface area contributed by atoms with Crippen molar-refractivity contribution in [3.05, 3.63) is 36.4 Å². The number of pyridine rings is 1. The van der Waals surface area contributed by atoms with Crippen LogP contribution in [0, 0.1) is 0 Å². The summed E-state index contributed by atoms with van der Waals surface area (Å²) in [5.74, 6) is -0.477. The Morgan fingerprint density at radius 1 is 1.40 bits per heavy atom. The maximum Gasteiger partial charge on any atom is 0.338 e. The van der Waals surface area contributed by atoms with Crippen LogP contribution in [0.1, 0.15) is 10.4 Å². The van der Waals surface area contributed by atoms with E-state index in [1.165, 1.54) is 12.4 Å². The summed E-state index contributed by atoms with van der Waals surface area (Å²) in [6.45, 7) is 0. The summed E-state index contributed by atoms with van der Waals surface area (Å²) in [5, 5.41) is 8.88. The highest BCUT2D eigenvalue weighted by molar-refractivity contribution is 5.94. The third-order valence-electron chi connectivity index (χ3n) is 1.80. The first-order valence-electron chi connectivity index (χ1n) is 3.96. The number of carboxylic acids is 1. The fourth-order valence-electron chi connectivity index (χ4n) is 1.18. The van der Waals surface area contributed by atoms with Crippen molar-refractivity contribution in [3.8, 4) is 11.4 Å². The first kappa shape index (κ1) is 10.9. The van der Waals surface area contributed by atoms with E-state index < -0.39 is 5.97 Å². The van der Waals surface area contributed by atoms with Crippen LogP contribution in [-0.4, -0.2) is 31.5 Å². The molecule has 0 amide bonds. The van der Waals surface area contributed by atoms with E-state index in [2.05, 4.69) is 15.0 Å². The van der Waals surface area contributed by atoms with E-state index in [4.69, 9.17) is 5.11 Å². The molecule has 0 saturated carbocycles. The molecule has 2 aromatic heterocycles. The molecule has 15 heavy (non-hydrogen) atoms. The molecule has 0 aliphatic heterocycles. The summed E-state index contributed by atoms with van der Waals surface area (Å²) in [4.78, 5) is 21.4. The van der Waals surface area contributed by atoms with Crippen molar-refractivity contribution in [1.29, 1.82) is 0 Å². The normalized spacial score (nSPS) is 9.33. The lowest BCUT2D eigenvalue weighted by Gasteiger charge is -2.00. The van der Waals surface area contributed by atoms with Crippen LogP contribution in [-0.2, 0) is 0 Å². The first-order chi connectivity index (χ1) is 6.79. The van der Waals surface area contributed by atoms with Crippen LogP contribution < -0.4 is 0 Å². The third-order valence-corrected chi connectivity index (χ3v) is 1.80. The van der Waals surface area contributed by atoms with Crippen molar-refractivity contribution >= 4 is 5.97 Å². The fourth-order valence-corrected chi connectivity index (χ4v) is 1.18. The van der Waals surface area contributed by atoms with Gasteiger partial charge in [-0.05, 0) is 6.07 Å². The minimum atomic E-state index is -1.01. The lowest BCUT2D eigenvalue weighted by Crippen LogP contribution is -2.00. The number of nitrogens with zero attached hydrogens (tertiary/aromatic N) is 2. The van der Waals surface area contributed by atoms with E-state index in [1.54, 1.807) is 18.5 Å². The van der Waals surface area contributed by atoms with Gasteiger partial charge < -0.3 is 15.6 Å². The fraction of sp³-hybridized carbons (Fsp3) is 0. The van der Waals surface area contributed by atoms with Crippen LogP contribution in [0.4, 0.5) is 0 Å². The minimum absolute atomic E-state index is 0. The molecule has 0 fully saturated rings. The summed E-state index contributed by atoms with van der Waals surface area (Å²) in [6.07, 6.45) is 6.05. The van der Waals surface area contributed by atoms with Crippen LogP contribution in [0.15, 0.2) is 30.9 Å². The maximum atomic E-state index is 10.8. The molecule has 0 aromatic carbocycles. The van der Waals surface area contributed by atoms with Gasteiger partial charge in [0.2, 0.25) is 0 Å². The van der Waals surface area contributed by atoms with E-state index in [1.807, 2.05) is 0 Å². The Bertz CT molecular complexity index is 453. The van der Waals surface area contributed by atoms with Crippen LogP contribution in [0.2, 0.25) is 0 Å². The smallest absolute Gasteiger partial charge is 0.338 e. The highest BCUT2D eigenvalue weighted by Gasteiger charge is 2.12. The third kappa shape index (κ3) is 2.00. The molecule has 0 saturated heterocycles. The molecule has 6 nitrogen and oxygen atoms in total. The van der Waals surface area contributed by atoms with E-state index in [0.717, 1.165) is 0 Å². The number of aromatic nitrogens is 3. The molecule has 0 atom stereocenters. The Morgan fingerprint density at radius 2 is 2.20 bits per heavy atom. The molecule has 2 aromatic rings. The highest BCUT2D eigenvalue weighted by Crippen LogP contribution is 2.18. The van der Waals surface area contributed by atoms with E-state index >= 15 is 0 Å². The van der Waals surface area contributed by atoms with Gasteiger partial charge in [-0.1, -0.05) is 0 Å². The van der Waals surface area contributed by atoms with Gasteiger partial charge in [-0.2, -0.15) is 0 Å². The number of imidazole rings is 1. The van der Waals surface area contributed by atoms with Crippen molar-refractivity contribution in [2.75, 3.05) is 0 Å². The number of carboxylic acid groups (broad SMARTS) is 1. The topological polar surface area (TPSA) is 110 Å². The van der Waals surface area contributed by atoms with Gasteiger partial charge in [0.25, 0.3) is 0 Å². The zero-order valence-corrected chi connectivity index (χ0v) is 7.64. The molecule has 4 N–H and O–H groups in total. The second-order valence-electron chi connectivity index (χ2n) is 2.66. The van der Waals surface area contributed by atoms with E-state index in [-0.39, 0.29) is 11.0 Å². The zero-order valence-electron chi connectivity index (χ0n) is 7.64. The number of nitrogens with one attached hydrogen (secondary N) is 1. The lowest BCUT2D eigenvalue weighted by atomic mass is 10.1. The largest absolute Gasteiger partial charge is 0.478 e. The number of H-pyrrole nitrogens is 1. The molecule has 0 spiro atoms. The predicted octanol–water partition coefficient (Wildman–Crippen LogP) is 0.345. The molecule has 6 heteroatoms. The second kappa shape index (κ2) is 4.34. The van der Waals surface area contributed by atoms with Gasteiger partial charge in [-0.15, -0.1) is 0 Å². The highest BCUT2D eigenvalue weighted by atomic mass is 16.4. The molecule has 0 aliphatic rings. The lowest BCUT2D eigenvalue weighted by molar-refractivity contribution is 0.0697. The Morgan fingerprint density at radius 3 is 2.80 bits per heavy atom. The van der Waals surface area contributed by atoms with E-state index in [9.17, 15) is 4.79 Å². The molecule has 2 heterocycles. The van der Waals surface area contributed by atoms with Crippen molar-refractivity contribution in [1.82, 2.24) is 15.0 Å². The van der Waals surface area contributed by atoms with Crippen molar-refractivity contribution in [3.63, 3.8) is 0 Å². The predicted molar refractivity (Wildman–Crippen MR) is 52.4 cm³/mol. The molecule has 0 aliphatic carbocycles. The number of hydrogen-bond donors (Lipinski definition) is 2. The van der Waals surface area contributed by atoms with Gasteiger partial charge in [-0.3, -0.25) is 4.98 Å². The first-order valence-corrected chi connectivity index (χ1v) is 3.96. The van der Waals surface area contributed by atoms with Gasteiger partial charge in [0.15, 0.2) is 0 Å².